The van der Waals surface area contributed by atoms with E-state index in [1.165, 1.54) is 0 Å². The first kappa shape index (κ1) is 12.7. The molecule has 4 heteroatoms. The Morgan fingerprint density at radius 2 is 2.05 bits per heavy atom. The molecule has 1 atom stereocenters. The lowest BCUT2D eigenvalue weighted by Gasteiger charge is -2.23. The van der Waals surface area contributed by atoms with Crippen molar-refractivity contribution in [2.75, 3.05) is 19.8 Å². The van der Waals surface area contributed by atoms with Crippen molar-refractivity contribution in [3.8, 4) is 0 Å². The number of hydrogen-bond acceptors (Lipinski definition) is 4. The minimum Gasteiger partial charge on any atom is -0.459 e. The summed E-state index contributed by atoms with van der Waals surface area (Å²) in [7, 11) is 0. The minimum atomic E-state index is -0.213. The molecule has 1 fully saturated rings. The SMILES string of the molecule is NC(COC1CCOCC1)c1cc2ccccc2o1. The van der Waals surface area contributed by atoms with Crippen LogP contribution in [0.3, 0.4) is 0 Å². The Kier molecular flexibility index (Phi) is 3.82. The van der Waals surface area contributed by atoms with Gasteiger partial charge in [-0.05, 0) is 25.0 Å². The fourth-order valence-corrected chi connectivity index (χ4v) is 2.35. The average Bonchev–Trinajstić information content (AvgIpc) is 2.90. The van der Waals surface area contributed by atoms with Gasteiger partial charge >= 0.3 is 0 Å². The molecule has 0 aliphatic carbocycles. The summed E-state index contributed by atoms with van der Waals surface area (Å²) in [6.07, 6.45) is 2.17. The molecule has 1 aliphatic heterocycles. The van der Waals surface area contributed by atoms with Gasteiger partial charge in [0.1, 0.15) is 11.3 Å². The van der Waals surface area contributed by atoms with E-state index in [0.29, 0.717) is 6.61 Å². The van der Waals surface area contributed by atoms with E-state index in [-0.39, 0.29) is 12.1 Å². The summed E-state index contributed by atoms with van der Waals surface area (Å²) in [5, 5.41) is 1.08. The van der Waals surface area contributed by atoms with E-state index in [9.17, 15) is 0 Å². The van der Waals surface area contributed by atoms with Gasteiger partial charge in [-0.15, -0.1) is 0 Å². The molecular weight excluding hydrogens is 242 g/mol. The summed E-state index contributed by atoms with van der Waals surface area (Å²) in [6.45, 7) is 2.06. The number of rotatable bonds is 4. The molecule has 0 radical (unpaired) electrons. The maximum absolute atomic E-state index is 6.13. The Morgan fingerprint density at radius 3 is 2.84 bits per heavy atom. The Bertz CT molecular complexity index is 498. The molecular formula is C15H19NO3. The molecule has 0 saturated carbocycles. The van der Waals surface area contributed by atoms with Gasteiger partial charge in [0, 0.05) is 18.6 Å². The van der Waals surface area contributed by atoms with E-state index in [4.69, 9.17) is 19.6 Å². The van der Waals surface area contributed by atoms with Gasteiger partial charge in [-0.1, -0.05) is 18.2 Å². The van der Waals surface area contributed by atoms with Crippen LogP contribution >= 0.6 is 0 Å². The third-order valence-electron chi connectivity index (χ3n) is 3.49. The van der Waals surface area contributed by atoms with Crippen molar-refractivity contribution in [3.05, 3.63) is 36.1 Å². The van der Waals surface area contributed by atoms with Crippen molar-refractivity contribution in [2.45, 2.75) is 25.0 Å². The van der Waals surface area contributed by atoms with E-state index >= 15 is 0 Å². The zero-order chi connectivity index (χ0) is 13.1. The molecule has 19 heavy (non-hydrogen) atoms. The van der Waals surface area contributed by atoms with Gasteiger partial charge in [0.2, 0.25) is 0 Å². The summed E-state index contributed by atoms with van der Waals surface area (Å²) in [6, 6.07) is 9.70. The topological polar surface area (TPSA) is 57.6 Å². The standard InChI is InChI=1S/C15H19NO3/c16-13(10-18-12-5-7-17-8-6-12)15-9-11-3-1-2-4-14(11)19-15/h1-4,9,12-13H,5-8,10,16H2. The van der Waals surface area contributed by atoms with Crippen LogP contribution in [-0.2, 0) is 9.47 Å². The summed E-state index contributed by atoms with van der Waals surface area (Å²) in [5.41, 5.74) is 7.00. The van der Waals surface area contributed by atoms with E-state index in [2.05, 4.69) is 0 Å². The van der Waals surface area contributed by atoms with Crippen molar-refractivity contribution >= 4 is 11.0 Å². The minimum absolute atomic E-state index is 0.213. The largest absolute Gasteiger partial charge is 0.459 e. The highest BCUT2D eigenvalue weighted by molar-refractivity contribution is 5.77. The van der Waals surface area contributed by atoms with Crippen molar-refractivity contribution in [2.24, 2.45) is 5.73 Å². The van der Waals surface area contributed by atoms with E-state index in [1.807, 2.05) is 30.3 Å². The van der Waals surface area contributed by atoms with E-state index < -0.39 is 0 Å². The normalized spacial score (nSPS) is 18.8. The maximum Gasteiger partial charge on any atom is 0.134 e. The summed E-state index contributed by atoms with van der Waals surface area (Å²) in [5.74, 6) is 0.785. The van der Waals surface area contributed by atoms with Crippen LogP contribution in [0, 0.1) is 0 Å². The summed E-state index contributed by atoms with van der Waals surface area (Å²) < 4.78 is 16.9. The highest BCUT2D eigenvalue weighted by atomic mass is 16.5. The first-order valence-corrected chi connectivity index (χ1v) is 6.76. The quantitative estimate of drug-likeness (QED) is 0.919. The van der Waals surface area contributed by atoms with E-state index in [0.717, 1.165) is 42.8 Å². The molecule has 2 N–H and O–H groups in total. The van der Waals surface area contributed by atoms with Crippen LogP contribution in [0.4, 0.5) is 0 Å². The van der Waals surface area contributed by atoms with Crippen molar-refractivity contribution in [1.29, 1.82) is 0 Å². The highest BCUT2D eigenvalue weighted by Gasteiger charge is 2.18. The fraction of sp³-hybridized carbons (Fsp3) is 0.467. The molecule has 1 aromatic carbocycles. The van der Waals surface area contributed by atoms with Gasteiger partial charge in [-0.3, -0.25) is 0 Å². The molecule has 1 aliphatic rings. The number of fused-ring (bicyclic) bond motifs is 1. The number of para-hydroxylation sites is 1. The number of furan rings is 1. The lowest BCUT2D eigenvalue weighted by molar-refractivity contribution is -0.0368. The van der Waals surface area contributed by atoms with Gasteiger partial charge in [-0.2, -0.15) is 0 Å². The predicted molar refractivity (Wildman–Crippen MR) is 72.9 cm³/mol. The number of nitrogens with two attached hydrogens (primary N) is 1. The summed E-state index contributed by atoms with van der Waals surface area (Å²) in [4.78, 5) is 0. The van der Waals surface area contributed by atoms with Crippen LogP contribution in [-0.4, -0.2) is 25.9 Å². The highest BCUT2D eigenvalue weighted by Crippen LogP contribution is 2.23. The molecule has 4 nitrogen and oxygen atoms in total. The molecule has 1 unspecified atom stereocenters. The number of ether oxygens (including phenoxy) is 2. The first-order valence-electron chi connectivity index (χ1n) is 6.76. The number of benzene rings is 1. The predicted octanol–water partition coefficient (Wildman–Crippen LogP) is 2.63. The average molecular weight is 261 g/mol. The lowest BCUT2D eigenvalue weighted by Crippen LogP contribution is -2.27. The monoisotopic (exact) mass is 261 g/mol. The molecule has 1 saturated heterocycles. The molecule has 0 spiro atoms. The third kappa shape index (κ3) is 2.97. The molecule has 0 bridgehead atoms. The first-order chi connectivity index (χ1) is 9.33. The molecule has 102 valence electrons. The van der Waals surface area contributed by atoms with Gasteiger partial charge in [0.05, 0.1) is 18.8 Å². The zero-order valence-corrected chi connectivity index (χ0v) is 10.9. The maximum atomic E-state index is 6.13. The van der Waals surface area contributed by atoms with Crippen molar-refractivity contribution in [1.82, 2.24) is 0 Å². The van der Waals surface area contributed by atoms with Gasteiger partial charge in [0.25, 0.3) is 0 Å². The molecule has 0 amide bonds. The van der Waals surface area contributed by atoms with Crippen LogP contribution in [0.25, 0.3) is 11.0 Å². The molecule has 3 rings (SSSR count). The van der Waals surface area contributed by atoms with Gasteiger partial charge in [-0.25, -0.2) is 0 Å². The van der Waals surface area contributed by atoms with Crippen LogP contribution in [0.1, 0.15) is 24.6 Å². The molecule has 1 aromatic heterocycles. The zero-order valence-electron chi connectivity index (χ0n) is 10.9. The number of hydrogen-bond donors (Lipinski definition) is 1. The Balaban J connectivity index is 1.61. The van der Waals surface area contributed by atoms with Gasteiger partial charge in [0.15, 0.2) is 0 Å². The summed E-state index contributed by atoms with van der Waals surface area (Å²) >= 11 is 0. The molecule has 2 heterocycles. The van der Waals surface area contributed by atoms with E-state index in [1.54, 1.807) is 0 Å². The Labute approximate surface area is 112 Å². The van der Waals surface area contributed by atoms with Crippen LogP contribution in [0.5, 0.6) is 0 Å². The van der Waals surface area contributed by atoms with Crippen molar-refractivity contribution in [3.63, 3.8) is 0 Å². The second kappa shape index (κ2) is 5.74. The molecule has 2 aromatic rings. The van der Waals surface area contributed by atoms with Gasteiger partial charge < -0.3 is 19.6 Å². The van der Waals surface area contributed by atoms with Crippen LogP contribution in [0.15, 0.2) is 34.7 Å². The second-order valence-electron chi connectivity index (χ2n) is 4.94. The third-order valence-corrected chi connectivity index (χ3v) is 3.49. The van der Waals surface area contributed by atoms with Crippen LogP contribution in [0.2, 0.25) is 0 Å². The second-order valence-corrected chi connectivity index (χ2v) is 4.94. The smallest absolute Gasteiger partial charge is 0.134 e. The Hall–Kier alpha value is -1.36. The van der Waals surface area contributed by atoms with Crippen LogP contribution < -0.4 is 5.73 Å². The Morgan fingerprint density at radius 1 is 1.26 bits per heavy atom. The lowest BCUT2D eigenvalue weighted by atomic mass is 10.1. The fourth-order valence-electron chi connectivity index (χ4n) is 2.35. The van der Waals surface area contributed by atoms with Crippen molar-refractivity contribution < 1.29 is 13.9 Å².